The lowest BCUT2D eigenvalue weighted by molar-refractivity contribution is -0.140. The largest absolute Gasteiger partial charge is 0.488 e. The quantitative estimate of drug-likeness (QED) is 0.346. The van der Waals surface area contributed by atoms with E-state index < -0.39 is 29.5 Å². The van der Waals surface area contributed by atoms with Crippen LogP contribution in [0, 0.1) is 0 Å². The molecule has 2 aliphatic rings. The lowest BCUT2D eigenvalue weighted by Crippen LogP contribution is -2.55. The normalized spacial score (nSPS) is 18.9. The lowest BCUT2D eigenvalue weighted by atomic mass is 10.1. The first kappa shape index (κ1) is 28.3. The standard InChI is InChI=1S/C28H34F3N5O4/c1-3-16(2)39-19-9-7-18(17-8-10-21(28(29,30)31)33-22(17)19)25-34-23(20(15-32)40-25)24(37)35-27(11-12-27)26(38)36-13-5-4-6-14-36/h7-10,16,26,38H,3-6,11-15,32H2,1-2H3,(H,35,37). The molecule has 2 aromatic heterocycles. The second-order valence-corrected chi connectivity index (χ2v) is 10.6. The van der Waals surface area contributed by atoms with Crippen LogP contribution in [0.4, 0.5) is 13.2 Å². The number of halogens is 3. The van der Waals surface area contributed by atoms with Crippen LogP contribution >= 0.6 is 0 Å². The molecule has 1 aliphatic heterocycles. The van der Waals surface area contributed by atoms with Gasteiger partial charge in [-0.3, -0.25) is 9.69 Å². The van der Waals surface area contributed by atoms with Crippen molar-refractivity contribution in [1.82, 2.24) is 20.2 Å². The molecule has 1 amide bonds. The van der Waals surface area contributed by atoms with Gasteiger partial charge >= 0.3 is 6.18 Å². The summed E-state index contributed by atoms with van der Waals surface area (Å²) < 4.78 is 52.2. The van der Waals surface area contributed by atoms with Crippen LogP contribution in [0.1, 0.15) is 74.3 Å². The minimum absolute atomic E-state index is 0.00714. The van der Waals surface area contributed by atoms with Gasteiger partial charge in [-0.1, -0.05) is 13.3 Å². The summed E-state index contributed by atoms with van der Waals surface area (Å²) in [5.41, 5.74) is 4.39. The lowest BCUT2D eigenvalue weighted by Gasteiger charge is -2.36. The van der Waals surface area contributed by atoms with E-state index in [4.69, 9.17) is 14.9 Å². The summed E-state index contributed by atoms with van der Waals surface area (Å²) in [6.45, 7) is 5.14. The first-order valence-corrected chi connectivity index (χ1v) is 13.7. The molecule has 3 heterocycles. The van der Waals surface area contributed by atoms with Crippen LogP contribution in [-0.2, 0) is 12.7 Å². The van der Waals surface area contributed by atoms with Crippen molar-refractivity contribution in [3.05, 3.63) is 41.4 Å². The Hall–Kier alpha value is -3.22. The topological polar surface area (TPSA) is 127 Å². The number of aliphatic hydroxyl groups is 1. The van der Waals surface area contributed by atoms with Gasteiger partial charge in [0.15, 0.2) is 11.5 Å². The molecule has 1 aliphatic carbocycles. The summed E-state index contributed by atoms with van der Waals surface area (Å²) >= 11 is 0. The molecule has 12 heteroatoms. The van der Waals surface area contributed by atoms with Crippen LogP contribution in [0.15, 0.2) is 28.7 Å². The predicted molar refractivity (Wildman–Crippen MR) is 141 cm³/mol. The molecule has 2 unspecified atom stereocenters. The Morgan fingerprint density at radius 3 is 2.55 bits per heavy atom. The van der Waals surface area contributed by atoms with E-state index >= 15 is 0 Å². The molecular formula is C28H34F3N5O4. The Kier molecular flexibility index (Phi) is 7.77. The number of likely N-dealkylation sites (tertiary alicyclic amines) is 1. The Morgan fingerprint density at radius 2 is 1.93 bits per heavy atom. The van der Waals surface area contributed by atoms with E-state index in [0.717, 1.165) is 38.4 Å². The average molecular weight is 562 g/mol. The first-order chi connectivity index (χ1) is 19.1. The molecule has 40 heavy (non-hydrogen) atoms. The number of oxazole rings is 1. The number of alkyl halides is 3. The van der Waals surface area contributed by atoms with Gasteiger partial charge in [0.2, 0.25) is 5.89 Å². The Bertz CT molecular complexity index is 1380. The third-order valence-corrected chi connectivity index (χ3v) is 7.72. The van der Waals surface area contributed by atoms with Crippen molar-refractivity contribution in [1.29, 1.82) is 0 Å². The molecular weight excluding hydrogens is 527 g/mol. The van der Waals surface area contributed by atoms with Crippen molar-refractivity contribution < 1.29 is 32.2 Å². The van der Waals surface area contributed by atoms with E-state index in [1.165, 1.54) is 12.1 Å². The van der Waals surface area contributed by atoms with E-state index in [0.29, 0.717) is 30.2 Å². The highest BCUT2D eigenvalue weighted by molar-refractivity contribution is 5.98. The molecule has 2 fully saturated rings. The molecule has 0 spiro atoms. The van der Waals surface area contributed by atoms with E-state index in [1.807, 2.05) is 18.7 Å². The van der Waals surface area contributed by atoms with Crippen LogP contribution in [-0.4, -0.2) is 56.8 Å². The molecule has 3 aromatic rings. The van der Waals surface area contributed by atoms with Crippen molar-refractivity contribution in [3.63, 3.8) is 0 Å². The van der Waals surface area contributed by atoms with E-state index in [-0.39, 0.29) is 41.3 Å². The summed E-state index contributed by atoms with van der Waals surface area (Å²) in [5, 5.41) is 14.3. The van der Waals surface area contributed by atoms with Crippen molar-refractivity contribution in [3.8, 4) is 17.2 Å². The SMILES string of the molecule is CCC(C)Oc1ccc(-c2nc(C(=O)NC3(C(O)N4CCCCC4)CC3)c(CN)o2)c2ccc(C(F)(F)F)nc12. The predicted octanol–water partition coefficient (Wildman–Crippen LogP) is 4.61. The number of hydrogen-bond acceptors (Lipinski definition) is 8. The highest BCUT2D eigenvalue weighted by Crippen LogP contribution is 2.42. The summed E-state index contributed by atoms with van der Waals surface area (Å²) in [6, 6.07) is 5.32. The molecule has 4 N–H and O–H groups in total. The number of aromatic nitrogens is 2. The van der Waals surface area contributed by atoms with Crippen molar-refractivity contribution >= 4 is 16.8 Å². The number of nitrogens with two attached hydrogens (primary N) is 1. The second kappa shape index (κ2) is 11.0. The molecule has 1 saturated carbocycles. The van der Waals surface area contributed by atoms with Crippen LogP contribution in [0.5, 0.6) is 5.75 Å². The maximum Gasteiger partial charge on any atom is 0.433 e. The third kappa shape index (κ3) is 5.52. The number of nitrogens with one attached hydrogen (secondary N) is 1. The minimum Gasteiger partial charge on any atom is -0.488 e. The van der Waals surface area contributed by atoms with Gasteiger partial charge in [0.25, 0.3) is 5.91 Å². The second-order valence-electron chi connectivity index (χ2n) is 10.6. The number of fused-ring (bicyclic) bond motifs is 1. The highest BCUT2D eigenvalue weighted by atomic mass is 19.4. The van der Waals surface area contributed by atoms with Gasteiger partial charge in [-0.05, 0) is 63.3 Å². The molecule has 5 rings (SSSR count). The Labute approximate surface area is 229 Å². The van der Waals surface area contributed by atoms with Gasteiger partial charge in [0.1, 0.15) is 23.2 Å². The van der Waals surface area contributed by atoms with Crippen molar-refractivity contribution in [2.75, 3.05) is 13.1 Å². The number of pyridine rings is 1. The number of aliphatic hydroxyl groups excluding tert-OH is 1. The number of nitrogens with zero attached hydrogens (tertiary/aromatic N) is 3. The number of hydrogen-bond donors (Lipinski definition) is 3. The van der Waals surface area contributed by atoms with Crippen LogP contribution in [0.3, 0.4) is 0 Å². The number of carbonyl (C=O) groups excluding carboxylic acids is 1. The maximum atomic E-state index is 13.5. The molecule has 1 aromatic carbocycles. The van der Waals surface area contributed by atoms with E-state index in [1.54, 1.807) is 6.07 Å². The number of rotatable bonds is 9. The van der Waals surface area contributed by atoms with Gasteiger partial charge < -0.3 is 25.3 Å². The fraction of sp³-hybridized carbons (Fsp3) is 0.536. The average Bonchev–Trinajstić information content (AvgIpc) is 3.60. The monoisotopic (exact) mass is 561 g/mol. The molecule has 0 bridgehead atoms. The number of amides is 1. The molecule has 2 atom stereocenters. The molecule has 1 saturated heterocycles. The zero-order valence-electron chi connectivity index (χ0n) is 22.6. The summed E-state index contributed by atoms with van der Waals surface area (Å²) in [5.74, 6) is -0.176. The fourth-order valence-electron chi connectivity index (χ4n) is 5.09. The van der Waals surface area contributed by atoms with E-state index in [9.17, 15) is 23.1 Å². The smallest absolute Gasteiger partial charge is 0.433 e. The highest BCUT2D eigenvalue weighted by Gasteiger charge is 2.53. The summed E-state index contributed by atoms with van der Waals surface area (Å²) in [6.07, 6.45) is -0.662. The van der Waals surface area contributed by atoms with Crippen molar-refractivity contribution in [2.45, 2.75) is 83.0 Å². The first-order valence-electron chi connectivity index (χ1n) is 13.7. The summed E-state index contributed by atoms with van der Waals surface area (Å²) in [4.78, 5) is 23.6. The number of ether oxygens (including phenoxy) is 1. The van der Waals surface area contributed by atoms with Crippen LogP contribution in [0.2, 0.25) is 0 Å². The zero-order chi connectivity index (χ0) is 28.7. The van der Waals surface area contributed by atoms with Crippen LogP contribution < -0.4 is 15.8 Å². The number of benzene rings is 1. The van der Waals surface area contributed by atoms with Gasteiger partial charge in [0, 0.05) is 24.0 Å². The summed E-state index contributed by atoms with van der Waals surface area (Å²) in [7, 11) is 0. The molecule has 9 nitrogen and oxygen atoms in total. The Morgan fingerprint density at radius 1 is 1.20 bits per heavy atom. The number of carbonyl (C=O) groups is 1. The molecule has 0 radical (unpaired) electrons. The van der Waals surface area contributed by atoms with Gasteiger partial charge in [-0.15, -0.1) is 0 Å². The van der Waals surface area contributed by atoms with Crippen LogP contribution in [0.25, 0.3) is 22.4 Å². The third-order valence-electron chi connectivity index (χ3n) is 7.72. The molecule has 216 valence electrons. The zero-order valence-corrected chi connectivity index (χ0v) is 22.6. The fourth-order valence-corrected chi connectivity index (χ4v) is 5.09. The van der Waals surface area contributed by atoms with E-state index in [2.05, 4.69) is 15.3 Å². The van der Waals surface area contributed by atoms with Crippen molar-refractivity contribution in [2.24, 2.45) is 5.73 Å². The minimum atomic E-state index is -4.64. The number of piperidine rings is 1. The Balaban J connectivity index is 1.48. The van der Waals surface area contributed by atoms with Gasteiger partial charge in [-0.25, -0.2) is 9.97 Å². The van der Waals surface area contributed by atoms with Gasteiger partial charge in [-0.2, -0.15) is 13.2 Å². The maximum absolute atomic E-state index is 13.5. The van der Waals surface area contributed by atoms with Gasteiger partial charge in [0.05, 0.1) is 18.2 Å².